The highest BCUT2D eigenvalue weighted by atomic mass is 16.5. The summed E-state index contributed by atoms with van der Waals surface area (Å²) < 4.78 is 5.07. The molecule has 1 unspecified atom stereocenters. The molecule has 0 bridgehead atoms. The minimum Gasteiger partial charge on any atom is -0.481 e. The van der Waals surface area contributed by atoms with Crippen molar-refractivity contribution in [3.05, 3.63) is 0 Å². The zero-order chi connectivity index (χ0) is 11.9. The lowest BCUT2D eigenvalue weighted by Gasteiger charge is -2.28. The van der Waals surface area contributed by atoms with Crippen molar-refractivity contribution in [2.24, 2.45) is 5.41 Å². The molecule has 4 nitrogen and oxygen atoms in total. The molecule has 4 heteroatoms. The summed E-state index contributed by atoms with van der Waals surface area (Å²) in [4.78, 5) is 11.1. The summed E-state index contributed by atoms with van der Waals surface area (Å²) in [6.45, 7) is 6.27. The van der Waals surface area contributed by atoms with Crippen molar-refractivity contribution in [3.8, 4) is 0 Å². The molecule has 0 aromatic rings. The normalized spacial score (nSPS) is 13.9. The highest BCUT2D eigenvalue weighted by molar-refractivity contribution is 5.74. The number of rotatable bonds is 8. The molecular formula is C11H22O4. The van der Waals surface area contributed by atoms with Crippen molar-refractivity contribution in [3.63, 3.8) is 0 Å². The van der Waals surface area contributed by atoms with Crippen LogP contribution in [0.25, 0.3) is 0 Å². The Hall–Kier alpha value is -0.610. The first-order valence-electron chi connectivity index (χ1n) is 5.51. The lowest BCUT2D eigenvalue weighted by molar-refractivity contribution is -0.152. The van der Waals surface area contributed by atoms with Crippen LogP contribution in [0.4, 0.5) is 0 Å². The summed E-state index contributed by atoms with van der Waals surface area (Å²) in [5.41, 5.74) is -0.809. The van der Waals surface area contributed by atoms with E-state index in [0.29, 0.717) is 19.4 Å². The van der Waals surface area contributed by atoms with Gasteiger partial charge in [-0.25, -0.2) is 0 Å². The smallest absolute Gasteiger partial charge is 0.309 e. The van der Waals surface area contributed by atoms with E-state index >= 15 is 0 Å². The van der Waals surface area contributed by atoms with Crippen molar-refractivity contribution in [1.82, 2.24) is 0 Å². The van der Waals surface area contributed by atoms with E-state index < -0.39 is 17.5 Å². The van der Waals surface area contributed by atoms with Crippen LogP contribution in [0.2, 0.25) is 0 Å². The molecule has 90 valence electrons. The molecule has 15 heavy (non-hydrogen) atoms. The third kappa shape index (κ3) is 4.18. The Morgan fingerprint density at radius 3 is 2.20 bits per heavy atom. The molecule has 0 saturated heterocycles. The van der Waals surface area contributed by atoms with Crippen LogP contribution in [0.3, 0.4) is 0 Å². The first-order chi connectivity index (χ1) is 7.02. The molecule has 0 spiro atoms. The minimum absolute atomic E-state index is 0.214. The largest absolute Gasteiger partial charge is 0.481 e. The highest BCUT2D eigenvalue weighted by Crippen LogP contribution is 2.32. The van der Waals surface area contributed by atoms with Gasteiger partial charge < -0.3 is 14.9 Å². The molecule has 0 saturated carbocycles. The van der Waals surface area contributed by atoms with E-state index in [0.717, 1.165) is 0 Å². The van der Waals surface area contributed by atoms with Crippen LogP contribution < -0.4 is 0 Å². The van der Waals surface area contributed by atoms with Crippen LogP contribution in [0.5, 0.6) is 0 Å². The molecule has 1 atom stereocenters. The van der Waals surface area contributed by atoms with Crippen molar-refractivity contribution in [1.29, 1.82) is 0 Å². The van der Waals surface area contributed by atoms with E-state index in [1.807, 2.05) is 20.8 Å². The molecule has 0 radical (unpaired) electrons. The van der Waals surface area contributed by atoms with Crippen LogP contribution in [0.15, 0.2) is 0 Å². The number of carbonyl (C=O) groups is 1. The van der Waals surface area contributed by atoms with Gasteiger partial charge in [-0.1, -0.05) is 13.8 Å². The maximum Gasteiger partial charge on any atom is 0.309 e. The lowest BCUT2D eigenvalue weighted by atomic mass is 9.77. The van der Waals surface area contributed by atoms with Crippen molar-refractivity contribution in [2.45, 2.75) is 46.1 Å². The van der Waals surface area contributed by atoms with Crippen LogP contribution in [0, 0.1) is 5.41 Å². The number of carboxylic acid groups (broad SMARTS) is 1. The van der Waals surface area contributed by atoms with Gasteiger partial charge in [-0.2, -0.15) is 0 Å². The van der Waals surface area contributed by atoms with Crippen molar-refractivity contribution < 1.29 is 19.7 Å². The molecule has 0 aliphatic heterocycles. The van der Waals surface area contributed by atoms with Crippen molar-refractivity contribution >= 4 is 5.97 Å². The van der Waals surface area contributed by atoms with Crippen molar-refractivity contribution in [2.75, 3.05) is 13.2 Å². The van der Waals surface area contributed by atoms with Crippen LogP contribution >= 0.6 is 0 Å². The predicted molar refractivity (Wildman–Crippen MR) is 57.8 cm³/mol. The molecule has 0 aliphatic rings. The lowest BCUT2D eigenvalue weighted by Crippen LogP contribution is -2.35. The Bertz CT molecular complexity index is 187. The average molecular weight is 218 g/mol. The number of aliphatic carboxylic acids is 1. The van der Waals surface area contributed by atoms with Gasteiger partial charge in [0.05, 0.1) is 18.1 Å². The summed E-state index contributed by atoms with van der Waals surface area (Å²) in [5, 5.41) is 18.8. The third-order valence-electron chi connectivity index (χ3n) is 2.95. The first-order valence-corrected chi connectivity index (χ1v) is 5.51. The highest BCUT2D eigenvalue weighted by Gasteiger charge is 2.36. The summed E-state index contributed by atoms with van der Waals surface area (Å²) in [5.74, 6) is -0.831. The summed E-state index contributed by atoms with van der Waals surface area (Å²) in [6.07, 6.45) is 0.625. The molecule has 0 aliphatic carbocycles. The second-order valence-corrected chi connectivity index (χ2v) is 3.81. The van der Waals surface area contributed by atoms with Gasteiger partial charge in [-0.05, 0) is 26.2 Å². The van der Waals surface area contributed by atoms with Gasteiger partial charge in [-0.15, -0.1) is 0 Å². The van der Waals surface area contributed by atoms with Gasteiger partial charge in [0.1, 0.15) is 0 Å². The fourth-order valence-corrected chi connectivity index (χ4v) is 1.69. The average Bonchev–Trinajstić information content (AvgIpc) is 2.22. The van der Waals surface area contributed by atoms with Gasteiger partial charge in [-0.3, -0.25) is 4.79 Å². The molecule has 0 aromatic heterocycles. The molecule has 0 rings (SSSR count). The van der Waals surface area contributed by atoms with E-state index in [9.17, 15) is 9.90 Å². The Labute approximate surface area is 91.3 Å². The minimum atomic E-state index is -0.831. The van der Waals surface area contributed by atoms with Gasteiger partial charge in [0, 0.05) is 6.61 Å². The molecule has 2 N–H and O–H groups in total. The van der Waals surface area contributed by atoms with Crippen LogP contribution in [-0.2, 0) is 9.53 Å². The SMILES string of the molecule is CCOCC(O)CC(CC)(CC)C(=O)O. The standard InChI is InChI=1S/C11H22O4/c1-4-11(5-2,10(13)14)7-9(12)8-15-6-3/h9,12H,4-8H2,1-3H3,(H,13,14). The second kappa shape index (κ2) is 6.80. The number of aliphatic hydroxyl groups is 1. The number of hydrogen-bond acceptors (Lipinski definition) is 3. The van der Waals surface area contributed by atoms with E-state index in [1.54, 1.807) is 0 Å². The molecule has 0 amide bonds. The number of carboxylic acids is 1. The van der Waals surface area contributed by atoms with Gasteiger partial charge in [0.15, 0.2) is 0 Å². The van der Waals surface area contributed by atoms with Gasteiger partial charge in [0.25, 0.3) is 0 Å². The van der Waals surface area contributed by atoms with Gasteiger partial charge >= 0.3 is 5.97 Å². The number of ether oxygens (including phenoxy) is 1. The molecule has 0 heterocycles. The maximum absolute atomic E-state index is 11.1. The van der Waals surface area contributed by atoms with E-state index in [4.69, 9.17) is 9.84 Å². The summed E-state index contributed by atoms with van der Waals surface area (Å²) in [7, 11) is 0. The summed E-state index contributed by atoms with van der Waals surface area (Å²) in [6, 6.07) is 0. The monoisotopic (exact) mass is 218 g/mol. The van der Waals surface area contributed by atoms with E-state index in [-0.39, 0.29) is 13.0 Å². The Morgan fingerprint density at radius 2 is 1.87 bits per heavy atom. The topological polar surface area (TPSA) is 66.8 Å². The summed E-state index contributed by atoms with van der Waals surface area (Å²) >= 11 is 0. The van der Waals surface area contributed by atoms with Crippen LogP contribution in [-0.4, -0.2) is 35.5 Å². The zero-order valence-corrected chi connectivity index (χ0v) is 9.82. The van der Waals surface area contributed by atoms with E-state index in [1.165, 1.54) is 0 Å². The third-order valence-corrected chi connectivity index (χ3v) is 2.95. The molecular weight excluding hydrogens is 196 g/mol. The molecule has 0 aromatic carbocycles. The Balaban J connectivity index is 4.33. The fourth-order valence-electron chi connectivity index (χ4n) is 1.69. The quantitative estimate of drug-likeness (QED) is 0.650. The maximum atomic E-state index is 11.1. The van der Waals surface area contributed by atoms with Crippen LogP contribution in [0.1, 0.15) is 40.0 Å². The number of aliphatic hydroxyl groups excluding tert-OH is 1. The number of hydrogen-bond donors (Lipinski definition) is 2. The predicted octanol–water partition coefficient (Wildman–Crippen LogP) is 1.66. The second-order valence-electron chi connectivity index (χ2n) is 3.81. The Morgan fingerprint density at radius 1 is 1.33 bits per heavy atom. The van der Waals surface area contributed by atoms with E-state index in [2.05, 4.69) is 0 Å². The first kappa shape index (κ1) is 14.4. The van der Waals surface area contributed by atoms with Gasteiger partial charge in [0.2, 0.25) is 0 Å². The zero-order valence-electron chi connectivity index (χ0n) is 9.82. The molecule has 0 fully saturated rings. The Kier molecular flexibility index (Phi) is 6.52. The fraction of sp³-hybridized carbons (Fsp3) is 0.909.